The number of alkyl carbamates (subject to hydrolysis) is 1. The summed E-state index contributed by atoms with van der Waals surface area (Å²) in [7, 11) is 1.59. The highest BCUT2D eigenvalue weighted by Gasteiger charge is 2.18. The number of nitrogens with one attached hydrogen (secondary N) is 1. The number of hydrogen-bond acceptors (Lipinski definition) is 5. The quantitative estimate of drug-likeness (QED) is 0.854. The number of methoxy groups -OCH3 is 1. The third-order valence-electron chi connectivity index (χ3n) is 2.20. The minimum atomic E-state index is -0.523. The molecule has 0 aromatic carbocycles. The summed E-state index contributed by atoms with van der Waals surface area (Å²) in [4.78, 5) is 11.5. The Morgan fingerprint density at radius 1 is 1.47 bits per heavy atom. The van der Waals surface area contributed by atoms with E-state index < -0.39 is 17.7 Å². The Hall–Kier alpha value is -1.53. The third-order valence-corrected chi connectivity index (χ3v) is 2.20. The number of carbonyl (C=O) groups is 1. The van der Waals surface area contributed by atoms with E-state index >= 15 is 0 Å². The molecule has 1 aromatic rings. The SMILES string of the molecule is COCc1ccc(C(N)CNC(=O)OC(C)(C)C)o1. The molecule has 0 saturated heterocycles. The first-order chi connectivity index (χ1) is 8.81. The van der Waals surface area contributed by atoms with E-state index in [0.717, 1.165) is 0 Å². The fraction of sp³-hybridized carbons (Fsp3) is 0.615. The maximum Gasteiger partial charge on any atom is 0.407 e. The molecule has 0 radical (unpaired) electrons. The van der Waals surface area contributed by atoms with Crippen LogP contribution < -0.4 is 11.1 Å². The van der Waals surface area contributed by atoms with Crippen molar-refractivity contribution >= 4 is 6.09 Å². The first-order valence-electron chi connectivity index (χ1n) is 6.12. The summed E-state index contributed by atoms with van der Waals surface area (Å²) in [5.74, 6) is 1.30. The zero-order valence-corrected chi connectivity index (χ0v) is 11.9. The van der Waals surface area contributed by atoms with Crippen LogP contribution in [0.1, 0.15) is 38.3 Å². The van der Waals surface area contributed by atoms with Crippen molar-refractivity contribution in [2.24, 2.45) is 5.73 Å². The normalized spacial score (nSPS) is 13.1. The van der Waals surface area contributed by atoms with Gasteiger partial charge in [-0.15, -0.1) is 0 Å². The van der Waals surface area contributed by atoms with Gasteiger partial charge in [0.1, 0.15) is 23.7 Å². The van der Waals surface area contributed by atoms with Gasteiger partial charge in [0.05, 0.1) is 6.04 Å². The van der Waals surface area contributed by atoms with Gasteiger partial charge in [-0.05, 0) is 32.9 Å². The average molecular weight is 270 g/mol. The molecule has 6 nitrogen and oxygen atoms in total. The molecule has 19 heavy (non-hydrogen) atoms. The molecule has 3 N–H and O–H groups in total. The Labute approximate surface area is 113 Å². The van der Waals surface area contributed by atoms with Crippen molar-refractivity contribution in [3.63, 3.8) is 0 Å². The smallest absolute Gasteiger partial charge is 0.407 e. The van der Waals surface area contributed by atoms with Crippen LogP contribution >= 0.6 is 0 Å². The lowest BCUT2D eigenvalue weighted by atomic mass is 10.2. The predicted molar refractivity (Wildman–Crippen MR) is 70.6 cm³/mol. The van der Waals surface area contributed by atoms with E-state index in [2.05, 4.69) is 5.32 Å². The fourth-order valence-corrected chi connectivity index (χ4v) is 1.42. The van der Waals surface area contributed by atoms with E-state index in [9.17, 15) is 4.79 Å². The number of carbonyl (C=O) groups excluding carboxylic acids is 1. The molecule has 0 fully saturated rings. The zero-order chi connectivity index (χ0) is 14.5. The first-order valence-corrected chi connectivity index (χ1v) is 6.12. The van der Waals surface area contributed by atoms with Crippen LogP contribution in [0, 0.1) is 0 Å². The van der Waals surface area contributed by atoms with Gasteiger partial charge in [0.2, 0.25) is 0 Å². The second-order valence-corrected chi connectivity index (χ2v) is 5.23. The molecule has 0 bridgehead atoms. The summed E-state index contributed by atoms with van der Waals surface area (Å²) in [6.45, 7) is 6.04. The minimum Gasteiger partial charge on any atom is -0.462 e. The summed E-state index contributed by atoms with van der Waals surface area (Å²) in [5.41, 5.74) is 5.39. The Balaban J connectivity index is 2.42. The molecule has 0 aliphatic rings. The highest BCUT2D eigenvalue weighted by atomic mass is 16.6. The molecule has 1 rings (SSSR count). The minimum absolute atomic E-state index is 0.245. The summed E-state index contributed by atoms with van der Waals surface area (Å²) in [6, 6.07) is 3.15. The molecule has 1 atom stereocenters. The monoisotopic (exact) mass is 270 g/mol. The highest BCUT2D eigenvalue weighted by Crippen LogP contribution is 2.15. The van der Waals surface area contributed by atoms with Crippen LogP contribution in [0.3, 0.4) is 0 Å². The molecule has 1 aromatic heterocycles. The Bertz CT molecular complexity index is 409. The number of nitrogens with two attached hydrogens (primary N) is 1. The molecular formula is C13H22N2O4. The van der Waals surface area contributed by atoms with Gasteiger partial charge < -0.3 is 24.9 Å². The van der Waals surface area contributed by atoms with Crippen molar-refractivity contribution in [1.29, 1.82) is 0 Å². The predicted octanol–water partition coefficient (Wildman–Crippen LogP) is 1.95. The molecule has 0 aliphatic heterocycles. The molecule has 0 saturated carbocycles. The summed E-state index contributed by atoms with van der Waals surface area (Å²) >= 11 is 0. The first kappa shape index (κ1) is 15.5. The molecule has 1 amide bonds. The van der Waals surface area contributed by atoms with Gasteiger partial charge in [-0.2, -0.15) is 0 Å². The van der Waals surface area contributed by atoms with Crippen molar-refractivity contribution in [1.82, 2.24) is 5.32 Å². The second kappa shape index (κ2) is 6.58. The number of rotatable bonds is 5. The molecule has 108 valence electrons. The van der Waals surface area contributed by atoms with Gasteiger partial charge in [-0.1, -0.05) is 0 Å². The molecule has 1 heterocycles. The van der Waals surface area contributed by atoms with Crippen LogP contribution in [0.25, 0.3) is 0 Å². The van der Waals surface area contributed by atoms with Gasteiger partial charge in [-0.3, -0.25) is 0 Å². The molecule has 0 aliphatic carbocycles. The van der Waals surface area contributed by atoms with Crippen LogP contribution in [0.2, 0.25) is 0 Å². The largest absolute Gasteiger partial charge is 0.462 e. The third kappa shape index (κ3) is 5.76. The van der Waals surface area contributed by atoms with Crippen LogP contribution in [0.5, 0.6) is 0 Å². The Kier molecular flexibility index (Phi) is 5.38. The van der Waals surface area contributed by atoms with Crippen molar-refractivity contribution in [2.45, 2.75) is 39.0 Å². The van der Waals surface area contributed by atoms with Crippen molar-refractivity contribution in [2.75, 3.05) is 13.7 Å². The maximum absolute atomic E-state index is 11.5. The van der Waals surface area contributed by atoms with Gasteiger partial charge in [0, 0.05) is 13.7 Å². The number of ether oxygens (including phenoxy) is 2. The Morgan fingerprint density at radius 2 is 2.16 bits per heavy atom. The van der Waals surface area contributed by atoms with Gasteiger partial charge in [-0.25, -0.2) is 4.79 Å². The lowest BCUT2D eigenvalue weighted by molar-refractivity contribution is 0.0523. The maximum atomic E-state index is 11.5. The fourth-order valence-electron chi connectivity index (χ4n) is 1.42. The summed E-state index contributed by atoms with van der Waals surface area (Å²) in [6.07, 6.45) is -0.494. The standard InChI is InChI=1S/C13H22N2O4/c1-13(2,3)19-12(16)15-7-10(14)11-6-5-9(18-11)8-17-4/h5-6,10H,7-8,14H2,1-4H3,(H,15,16). The van der Waals surface area contributed by atoms with Gasteiger partial charge >= 0.3 is 6.09 Å². The second-order valence-electron chi connectivity index (χ2n) is 5.23. The highest BCUT2D eigenvalue weighted by molar-refractivity contribution is 5.67. The molecule has 0 spiro atoms. The lowest BCUT2D eigenvalue weighted by Gasteiger charge is -2.20. The van der Waals surface area contributed by atoms with E-state index in [1.807, 2.05) is 0 Å². The average Bonchev–Trinajstić information content (AvgIpc) is 2.73. The molecular weight excluding hydrogens is 248 g/mol. The number of hydrogen-bond donors (Lipinski definition) is 2. The zero-order valence-electron chi connectivity index (χ0n) is 11.9. The van der Waals surface area contributed by atoms with Crippen molar-refractivity contribution < 1.29 is 18.7 Å². The van der Waals surface area contributed by atoms with E-state index in [0.29, 0.717) is 18.1 Å². The van der Waals surface area contributed by atoms with Crippen LogP contribution in [0.15, 0.2) is 16.5 Å². The number of furan rings is 1. The van der Waals surface area contributed by atoms with E-state index in [-0.39, 0.29) is 6.54 Å². The molecule has 1 unspecified atom stereocenters. The van der Waals surface area contributed by atoms with E-state index in [1.54, 1.807) is 40.0 Å². The molecule has 6 heteroatoms. The summed E-state index contributed by atoms with van der Waals surface area (Å²) in [5, 5.41) is 2.60. The lowest BCUT2D eigenvalue weighted by Crippen LogP contribution is -2.36. The van der Waals surface area contributed by atoms with Crippen molar-refractivity contribution in [3.8, 4) is 0 Å². The Morgan fingerprint density at radius 3 is 2.74 bits per heavy atom. The van der Waals surface area contributed by atoms with Gasteiger partial charge in [0.25, 0.3) is 0 Å². The topological polar surface area (TPSA) is 86.7 Å². The van der Waals surface area contributed by atoms with E-state index in [1.165, 1.54) is 0 Å². The van der Waals surface area contributed by atoms with Crippen molar-refractivity contribution in [3.05, 3.63) is 23.7 Å². The van der Waals surface area contributed by atoms with E-state index in [4.69, 9.17) is 19.6 Å². The van der Waals surface area contributed by atoms with Crippen LogP contribution in [-0.2, 0) is 16.1 Å². The van der Waals surface area contributed by atoms with Gasteiger partial charge in [0.15, 0.2) is 0 Å². The van der Waals surface area contributed by atoms with Crippen LogP contribution in [-0.4, -0.2) is 25.3 Å². The summed E-state index contributed by atoms with van der Waals surface area (Å²) < 4.78 is 15.5. The number of amides is 1. The van der Waals surface area contributed by atoms with Crippen LogP contribution in [0.4, 0.5) is 4.79 Å².